The van der Waals surface area contributed by atoms with E-state index >= 15 is 0 Å². The van der Waals surface area contributed by atoms with E-state index in [4.69, 9.17) is 21.6 Å². The van der Waals surface area contributed by atoms with Gasteiger partial charge in [-0.05, 0) is 43.3 Å². The zero-order valence-corrected chi connectivity index (χ0v) is 16.3. The highest BCUT2D eigenvalue weighted by Crippen LogP contribution is 2.29. The van der Waals surface area contributed by atoms with E-state index in [1.54, 1.807) is 49.4 Å². The molecule has 0 saturated carbocycles. The summed E-state index contributed by atoms with van der Waals surface area (Å²) in [6.45, 7) is 1.28. The van der Waals surface area contributed by atoms with Crippen LogP contribution in [0.2, 0.25) is 5.02 Å². The van der Waals surface area contributed by atoms with Crippen molar-refractivity contribution >= 4 is 40.5 Å². The number of nitrogens with one attached hydrogen (secondary N) is 1. The standard InChI is InChI=1S/C20H14ClN3O3S/c1-12-18(28-19(23-12)14-3-2-4-15(21)9-14)20(26)27-11-17(25)24-16-7-5-13(10-22)6-8-16/h2-9H,11H2,1H3,(H,24,25). The number of rotatable bonds is 5. The van der Waals surface area contributed by atoms with E-state index in [0.717, 1.165) is 5.56 Å². The van der Waals surface area contributed by atoms with Gasteiger partial charge in [-0.15, -0.1) is 11.3 Å². The minimum Gasteiger partial charge on any atom is -0.451 e. The largest absolute Gasteiger partial charge is 0.451 e. The molecule has 0 unspecified atom stereocenters. The van der Waals surface area contributed by atoms with Crippen molar-refractivity contribution in [3.8, 4) is 16.6 Å². The highest BCUT2D eigenvalue weighted by Gasteiger charge is 2.19. The molecule has 1 heterocycles. The van der Waals surface area contributed by atoms with Gasteiger partial charge in [0, 0.05) is 16.3 Å². The summed E-state index contributed by atoms with van der Waals surface area (Å²) in [7, 11) is 0. The number of aryl methyl sites for hydroxylation is 1. The van der Waals surface area contributed by atoms with Crippen LogP contribution in [0.1, 0.15) is 20.9 Å². The third-order valence-electron chi connectivity index (χ3n) is 3.69. The average molecular weight is 412 g/mol. The van der Waals surface area contributed by atoms with Crippen LogP contribution in [0.5, 0.6) is 0 Å². The molecule has 0 saturated heterocycles. The topological polar surface area (TPSA) is 92.1 Å². The zero-order valence-electron chi connectivity index (χ0n) is 14.7. The Hall–Kier alpha value is -3.21. The summed E-state index contributed by atoms with van der Waals surface area (Å²) in [5.41, 5.74) is 2.33. The Morgan fingerprint density at radius 1 is 1.25 bits per heavy atom. The van der Waals surface area contributed by atoms with Crippen LogP contribution in [0.3, 0.4) is 0 Å². The van der Waals surface area contributed by atoms with Gasteiger partial charge >= 0.3 is 5.97 Å². The summed E-state index contributed by atoms with van der Waals surface area (Å²) >= 11 is 7.18. The van der Waals surface area contributed by atoms with Crippen molar-refractivity contribution < 1.29 is 14.3 Å². The van der Waals surface area contributed by atoms with Gasteiger partial charge in [0.2, 0.25) is 0 Å². The molecule has 0 fully saturated rings. The average Bonchev–Trinajstić information content (AvgIpc) is 3.08. The molecule has 0 atom stereocenters. The molecule has 3 aromatic rings. The van der Waals surface area contributed by atoms with Gasteiger partial charge in [-0.1, -0.05) is 23.7 Å². The van der Waals surface area contributed by atoms with E-state index in [0.29, 0.717) is 31.9 Å². The molecule has 8 heteroatoms. The molecule has 6 nitrogen and oxygen atoms in total. The number of amides is 1. The fraction of sp³-hybridized carbons (Fsp3) is 0.100. The first-order valence-corrected chi connectivity index (χ1v) is 9.36. The number of halogens is 1. The molecule has 28 heavy (non-hydrogen) atoms. The number of hydrogen-bond acceptors (Lipinski definition) is 6. The van der Waals surface area contributed by atoms with Gasteiger partial charge in [0.15, 0.2) is 6.61 Å². The molecule has 0 spiro atoms. The second kappa shape index (κ2) is 8.65. The van der Waals surface area contributed by atoms with Crippen LogP contribution in [0.4, 0.5) is 5.69 Å². The number of anilines is 1. The predicted octanol–water partition coefficient (Wildman–Crippen LogP) is 4.44. The third-order valence-corrected chi connectivity index (χ3v) is 5.11. The van der Waals surface area contributed by atoms with E-state index in [2.05, 4.69) is 10.3 Å². The molecular weight excluding hydrogens is 398 g/mol. The van der Waals surface area contributed by atoms with E-state index < -0.39 is 18.5 Å². The number of carbonyl (C=O) groups excluding carboxylic acids is 2. The van der Waals surface area contributed by atoms with Crippen molar-refractivity contribution in [2.24, 2.45) is 0 Å². The molecule has 1 amide bonds. The summed E-state index contributed by atoms with van der Waals surface area (Å²) in [6, 6.07) is 15.5. The van der Waals surface area contributed by atoms with Crippen LogP contribution in [0.25, 0.3) is 10.6 Å². The number of esters is 1. The first kappa shape index (κ1) is 19.5. The van der Waals surface area contributed by atoms with Crippen molar-refractivity contribution in [3.05, 3.63) is 69.7 Å². The van der Waals surface area contributed by atoms with E-state index in [9.17, 15) is 9.59 Å². The normalized spacial score (nSPS) is 10.2. The molecule has 140 valence electrons. The number of nitrogens with zero attached hydrogens (tertiary/aromatic N) is 2. The summed E-state index contributed by atoms with van der Waals surface area (Å²) in [5.74, 6) is -1.09. The smallest absolute Gasteiger partial charge is 0.350 e. The van der Waals surface area contributed by atoms with Gasteiger partial charge in [0.05, 0.1) is 17.3 Å². The van der Waals surface area contributed by atoms with Crippen LogP contribution in [0.15, 0.2) is 48.5 Å². The minimum absolute atomic E-state index is 0.334. The maximum Gasteiger partial charge on any atom is 0.350 e. The monoisotopic (exact) mass is 411 g/mol. The first-order valence-electron chi connectivity index (χ1n) is 8.17. The zero-order chi connectivity index (χ0) is 20.1. The van der Waals surface area contributed by atoms with Crippen LogP contribution in [-0.2, 0) is 9.53 Å². The lowest BCUT2D eigenvalue weighted by Crippen LogP contribution is -2.20. The van der Waals surface area contributed by atoms with E-state index in [-0.39, 0.29) is 0 Å². The highest BCUT2D eigenvalue weighted by atomic mass is 35.5. The molecular formula is C20H14ClN3O3S. The minimum atomic E-state index is -0.613. The fourth-order valence-corrected chi connectivity index (χ4v) is 3.50. The Balaban J connectivity index is 1.61. The number of carbonyl (C=O) groups is 2. The van der Waals surface area contributed by atoms with Crippen LogP contribution < -0.4 is 5.32 Å². The Morgan fingerprint density at radius 3 is 2.68 bits per heavy atom. The molecule has 1 N–H and O–H groups in total. The number of thiazole rings is 1. The quantitative estimate of drug-likeness (QED) is 0.626. The number of benzene rings is 2. The molecule has 0 aliphatic carbocycles. The lowest BCUT2D eigenvalue weighted by molar-refractivity contribution is -0.119. The summed E-state index contributed by atoms with van der Waals surface area (Å²) in [4.78, 5) is 29.0. The number of ether oxygens (including phenoxy) is 1. The van der Waals surface area contributed by atoms with Crippen molar-refractivity contribution in [3.63, 3.8) is 0 Å². The van der Waals surface area contributed by atoms with E-state index in [1.807, 2.05) is 12.1 Å². The highest BCUT2D eigenvalue weighted by molar-refractivity contribution is 7.17. The molecule has 3 rings (SSSR count). The number of nitriles is 1. The fourth-order valence-electron chi connectivity index (χ4n) is 2.35. The number of aromatic nitrogens is 1. The molecule has 0 aliphatic rings. The van der Waals surface area contributed by atoms with Crippen LogP contribution in [-0.4, -0.2) is 23.5 Å². The van der Waals surface area contributed by atoms with Crippen molar-refractivity contribution in [1.29, 1.82) is 5.26 Å². The van der Waals surface area contributed by atoms with Crippen molar-refractivity contribution in [1.82, 2.24) is 4.98 Å². The molecule has 2 aromatic carbocycles. The molecule has 0 aliphatic heterocycles. The maximum absolute atomic E-state index is 12.3. The summed E-state index contributed by atoms with van der Waals surface area (Å²) in [6.07, 6.45) is 0. The molecule has 1 aromatic heterocycles. The Labute approximate surface area is 170 Å². The van der Waals surface area contributed by atoms with E-state index in [1.165, 1.54) is 11.3 Å². The van der Waals surface area contributed by atoms with Gasteiger partial charge < -0.3 is 10.1 Å². The maximum atomic E-state index is 12.3. The molecule has 0 bridgehead atoms. The van der Waals surface area contributed by atoms with Gasteiger partial charge in [0.25, 0.3) is 5.91 Å². The van der Waals surface area contributed by atoms with Gasteiger partial charge in [-0.3, -0.25) is 4.79 Å². The summed E-state index contributed by atoms with van der Waals surface area (Å²) < 4.78 is 5.10. The Morgan fingerprint density at radius 2 is 2.00 bits per heavy atom. The van der Waals surface area contributed by atoms with Gasteiger partial charge in [-0.2, -0.15) is 5.26 Å². The second-order valence-corrected chi connectivity index (χ2v) is 7.19. The van der Waals surface area contributed by atoms with Crippen molar-refractivity contribution in [2.75, 3.05) is 11.9 Å². The van der Waals surface area contributed by atoms with Crippen LogP contribution in [0, 0.1) is 18.3 Å². The Kier molecular flexibility index (Phi) is 6.04. The predicted molar refractivity (Wildman–Crippen MR) is 107 cm³/mol. The third kappa shape index (κ3) is 4.74. The Bertz CT molecular complexity index is 1070. The van der Waals surface area contributed by atoms with Gasteiger partial charge in [0.1, 0.15) is 9.88 Å². The SMILES string of the molecule is Cc1nc(-c2cccc(Cl)c2)sc1C(=O)OCC(=O)Nc1ccc(C#N)cc1. The first-order chi connectivity index (χ1) is 13.5. The van der Waals surface area contributed by atoms with Gasteiger partial charge in [-0.25, -0.2) is 9.78 Å². The number of hydrogen-bond donors (Lipinski definition) is 1. The van der Waals surface area contributed by atoms with Crippen molar-refractivity contribution in [2.45, 2.75) is 6.92 Å². The summed E-state index contributed by atoms with van der Waals surface area (Å²) in [5, 5.41) is 12.6. The lowest BCUT2D eigenvalue weighted by Gasteiger charge is -2.06. The molecule has 0 radical (unpaired) electrons. The second-order valence-electron chi connectivity index (χ2n) is 5.76. The van der Waals surface area contributed by atoms with Crippen LogP contribution >= 0.6 is 22.9 Å². The lowest BCUT2D eigenvalue weighted by atomic mass is 10.2.